The molecule has 8 heteroatoms. The first-order valence-electron chi connectivity index (χ1n) is 9.97. The van der Waals surface area contributed by atoms with Gasteiger partial charge in [0.05, 0.1) is 11.6 Å². The van der Waals surface area contributed by atoms with Crippen molar-refractivity contribution < 1.29 is 23.4 Å². The second kappa shape index (κ2) is 8.89. The quantitative estimate of drug-likeness (QED) is 0.539. The molecule has 0 bridgehead atoms. The van der Waals surface area contributed by atoms with Gasteiger partial charge < -0.3 is 23.5 Å². The fourth-order valence-electron chi connectivity index (χ4n) is 3.47. The summed E-state index contributed by atoms with van der Waals surface area (Å²) in [4.78, 5) is 26.0. The van der Waals surface area contributed by atoms with Crippen LogP contribution in [0.5, 0.6) is 17.2 Å². The lowest BCUT2D eigenvalue weighted by Gasteiger charge is -2.30. The third-order valence-electron chi connectivity index (χ3n) is 5.08. The summed E-state index contributed by atoms with van der Waals surface area (Å²) in [6, 6.07) is 12.0. The summed E-state index contributed by atoms with van der Waals surface area (Å²) in [5.41, 5.74) is 0.655. The van der Waals surface area contributed by atoms with Gasteiger partial charge in [-0.15, -0.1) is 0 Å². The average Bonchev–Trinajstić information content (AvgIpc) is 2.76. The van der Waals surface area contributed by atoms with Crippen molar-refractivity contribution in [2.75, 3.05) is 26.3 Å². The highest BCUT2D eigenvalue weighted by molar-refractivity contribution is 6.32. The van der Waals surface area contributed by atoms with Gasteiger partial charge >= 0.3 is 5.63 Å². The Morgan fingerprint density at radius 1 is 1.23 bits per heavy atom. The molecular formula is C23H22ClNO6. The number of fused-ring (bicyclic) bond motifs is 2. The third kappa shape index (κ3) is 4.61. The van der Waals surface area contributed by atoms with Gasteiger partial charge in [-0.3, -0.25) is 4.79 Å². The van der Waals surface area contributed by atoms with E-state index in [2.05, 4.69) is 0 Å². The largest absolute Gasteiger partial charge is 0.486 e. The van der Waals surface area contributed by atoms with Crippen molar-refractivity contribution in [1.82, 2.24) is 4.90 Å². The Morgan fingerprint density at radius 2 is 2.00 bits per heavy atom. The Bertz CT molecular complexity index is 1170. The van der Waals surface area contributed by atoms with Gasteiger partial charge in [-0.2, -0.15) is 0 Å². The summed E-state index contributed by atoms with van der Waals surface area (Å²) in [6.07, 6.45) is -0.277. The van der Waals surface area contributed by atoms with Gasteiger partial charge in [0.25, 0.3) is 5.91 Å². The van der Waals surface area contributed by atoms with Crippen molar-refractivity contribution in [2.24, 2.45) is 0 Å². The van der Waals surface area contributed by atoms with Gasteiger partial charge in [0.15, 0.2) is 24.2 Å². The molecule has 0 radical (unpaired) electrons. The third-order valence-corrected chi connectivity index (χ3v) is 5.38. The zero-order valence-corrected chi connectivity index (χ0v) is 18.0. The molecule has 0 saturated heterocycles. The van der Waals surface area contributed by atoms with Gasteiger partial charge in [0, 0.05) is 24.1 Å². The average molecular weight is 444 g/mol. The van der Waals surface area contributed by atoms with Crippen molar-refractivity contribution >= 4 is 28.5 Å². The number of aryl methyl sites for hydroxylation is 1. The molecule has 1 aliphatic heterocycles. The van der Waals surface area contributed by atoms with E-state index in [1.807, 2.05) is 31.2 Å². The van der Waals surface area contributed by atoms with E-state index in [0.717, 1.165) is 5.56 Å². The minimum absolute atomic E-state index is 0.209. The molecule has 3 aromatic rings. The van der Waals surface area contributed by atoms with Gasteiger partial charge in [-0.1, -0.05) is 23.7 Å². The highest BCUT2D eigenvalue weighted by atomic mass is 35.5. The number of carbonyl (C=O) groups excluding carboxylic acids is 1. The van der Waals surface area contributed by atoms with Crippen molar-refractivity contribution in [2.45, 2.75) is 20.0 Å². The van der Waals surface area contributed by atoms with E-state index in [1.165, 1.54) is 12.1 Å². The lowest BCUT2D eigenvalue weighted by Crippen LogP contribution is -2.45. The second-order valence-corrected chi connectivity index (χ2v) is 7.65. The fraction of sp³-hybridized carbons (Fsp3) is 0.304. The van der Waals surface area contributed by atoms with Crippen molar-refractivity contribution in [3.63, 3.8) is 0 Å². The number of para-hydroxylation sites is 2. The molecule has 0 aliphatic carbocycles. The topological polar surface area (TPSA) is 78.2 Å². The number of ether oxygens (including phenoxy) is 3. The van der Waals surface area contributed by atoms with E-state index in [4.69, 9.17) is 30.2 Å². The Kier molecular flexibility index (Phi) is 6.04. The van der Waals surface area contributed by atoms with E-state index in [0.29, 0.717) is 47.2 Å². The highest BCUT2D eigenvalue weighted by Gasteiger charge is 2.25. The number of rotatable bonds is 6. The van der Waals surface area contributed by atoms with Gasteiger partial charge in [-0.25, -0.2) is 4.79 Å². The summed E-state index contributed by atoms with van der Waals surface area (Å²) >= 11 is 6.31. The Hall–Kier alpha value is -3.19. The van der Waals surface area contributed by atoms with Crippen LogP contribution in [-0.4, -0.2) is 43.2 Å². The van der Waals surface area contributed by atoms with Crippen LogP contribution in [0.3, 0.4) is 0 Å². The molecule has 1 aromatic heterocycles. The molecule has 4 rings (SSSR count). The molecule has 0 N–H and O–H groups in total. The predicted octanol–water partition coefficient (Wildman–Crippen LogP) is 3.82. The smallest absolute Gasteiger partial charge is 0.336 e. The molecule has 162 valence electrons. The predicted molar refractivity (Wildman–Crippen MR) is 116 cm³/mol. The van der Waals surface area contributed by atoms with Crippen molar-refractivity contribution in [1.29, 1.82) is 0 Å². The lowest BCUT2D eigenvalue weighted by molar-refractivity contribution is -0.134. The zero-order valence-electron chi connectivity index (χ0n) is 17.2. The molecule has 2 aromatic carbocycles. The highest BCUT2D eigenvalue weighted by Crippen LogP contribution is 2.32. The molecule has 1 atom stereocenters. The van der Waals surface area contributed by atoms with Crippen molar-refractivity contribution in [3.8, 4) is 17.2 Å². The summed E-state index contributed by atoms with van der Waals surface area (Å²) in [7, 11) is 0. The molecule has 31 heavy (non-hydrogen) atoms. The minimum atomic E-state index is -0.456. The number of carbonyl (C=O) groups is 1. The Labute approximate surface area is 184 Å². The van der Waals surface area contributed by atoms with Crippen LogP contribution in [0.2, 0.25) is 5.02 Å². The number of benzene rings is 2. The standard InChI is InChI=1S/C23H22ClNO6/c1-3-25(11-15-12-28-18-6-4-5-7-19(18)30-15)22(26)13-29-21-10-20-16(9-17(21)24)14(2)8-23(27)31-20/h4-10,15H,3,11-13H2,1-2H3/t15-/m0/s1. The van der Waals surface area contributed by atoms with Crippen LogP contribution in [0.1, 0.15) is 12.5 Å². The van der Waals surface area contributed by atoms with Crippen LogP contribution in [0.15, 0.2) is 51.7 Å². The number of halogens is 1. The van der Waals surface area contributed by atoms with Gasteiger partial charge in [0.2, 0.25) is 0 Å². The molecule has 1 aliphatic rings. The number of amides is 1. The molecule has 0 spiro atoms. The molecule has 7 nitrogen and oxygen atoms in total. The summed E-state index contributed by atoms with van der Waals surface area (Å²) in [5, 5.41) is 1.05. The first kappa shape index (κ1) is 21.1. The maximum atomic E-state index is 12.7. The summed E-state index contributed by atoms with van der Waals surface area (Å²) in [6.45, 7) is 4.69. The monoisotopic (exact) mass is 443 g/mol. The van der Waals surface area contributed by atoms with Gasteiger partial charge in [-0.05, 0) is 37.6 Å². The molecule has 0 saturated carbocycles. The fourth-order valence-corrected chi connectivity index (χ4v) is 3.69. The van der Waals surface area contributed by atoms with E-state index in [-0.39, 0.29) is 24.4 Å². The van der Waals surface area contributed by atoms with Gasteiger partial charge in [0.1, 0.15) is 17.9 Å². The number of likely N-dealkylation sites (N-methyl/N-ethyl adjacent to an activating group) is 1. The SMILES string of the molecule is CCN(C[C@H]1COc2ccccc2O1)C(=O)COc1cc2oc(=O)cc(C)c2cc1Cl. The maximum absolute atomic E-state index is 12.7. The summed E-state index contributed by atoms with van der Waals surface area (Å²) in [5.74, 6) is 1.42. The molecule has 0 unspecified atom stereocenters. The van der Waals surface area contributed by atoms with Crippen LogP contribution >= 0.6 is 11.6 Å². The van der Waals surface area contributed by atoms with Crippen LogP contribution in [0.4, 0.5) is 0 Å². The molecule has 2 heterocycles. The van der Waals surface area contributed by atoms with E-state index in [9.17, 15) is 9.59 Å². The van der Waals surface area contributed by atoms with Crippen LogP contribution in [-0.2, 0) is 4.79 Å². The normalized spacial score (nSPS) is 15.0. The van der Waals surface area contributed by atoms with Crippen LogP contribution < -0.4 is 19.8 Å². The number of hydrogen-bond donors (Lipinski definition) is 0. The first-order valence-corrected chi connectivity index (χ1v) is 10.4. The minimum Gasteiger partial charge on any atom is -0.486 e. The number of hydrogen-bond acceptors (Lipinski definition) is 6. The molecule has 1 amide bonds. The second-order valence-electron chi connectivity index (χ2n) is 7.25. The summed E-state index contributed by atoms with van der Waals surface area (Å²) < 4.78 is 22.5. The Morgan fingerprint density at radius 3 is 2.77 bits per heavy atom. The lowest BCUT2D eigenvalue weighted by atomic mass is 10.1. The Balaban J connectivity index is 1.41. The van der Waals surface area contributed by atoms with E-state index in [1.54, 1.807) is 17.9 Å². The molecular weight excluding hydrogens is 422 g/mol. The zero-order chi connectivity index (χ0) is 22.0. The molecule has 0 fully saturated rings. The van der Waals surface area contributed by atoms with E-state index >= 15 is 0 Å². The first-order chi connectivity index (χ1) is 14.9. The van der Waals surface area contributed by atoms with Crippen LogP contribution in [0.25, 0.3) is 11.0 Å². The van der Waals surface area contributed by atoms with Crippen molar-refractivity contribution in [3.05, 3.63) is 63.5 Å². The maximum Gasteiger partial charge on any atom is 0.336 e. The van der Waals surface area contributed by atoms with E-state index < -0.39 is 5.63 Å². The van der Waals surface area contributed by atoms with Crippen LogP contribution in [0, 0.1) is 6.92 Å². The number of nitrogens with zero attached hydrogens (tertiary/aromatic N) is 1.